The minimum absolute atomic E-state index is 0.125. The second-order valence-electron chi connectivity index (χ2n) is 15.1. The molecular weight excluding hydrogens is 655 g/mol. The number of aryl methyl sites for hydroxylation is 1. The summed E-state index contributed by atoms with van der Waals surface area (Å²) in [5.41, 5.74) is 10.8. The van der Waals surface area contributed by atoms with E-state index in [4.69, 9.17) is 9.15 Å². The molecule has 0 fully saturated rings. The van der Waals surface area contributed by atoms with E-state index in [0.29, 0.717) is 11.8 Å². The fraction of sp³-hybridized carbons (Fsp3) is 0.250. The van der Waals surface area contributed by atoms with Crippen molar-refractivity contribution < 1.29 is 9.15 Å². The fourth-order valence-electron chi connectivity index (χ4n) is 9.59. The molecular formula is C48H41NO2S. The molecule has 0 radical (unpaired) electrons. The number of hydrogen-bond donors (Lipinski definition) is 0. The van der Waals surface area contributed by atoms with Gasteiger partial charge >= 0.3 is 0 Å². The standard InChI is InChI=1S/C48H41NO2S/c1-2-10-31(11-3-1)35-14-8-15-40-41-16-9-17-42(48(41)52-47(35)40)49(34-25-27-39-37-13-5-7-19-44(37)51-46(39)29-34)33-23-20-30(21-24-33)32-22-26-38-36-12-4-6-18-43(36)50-45(38)28-32/h1-3,5-6,8,10-11,13-16,18,20,22-28,30,34,38,45H,4,7,9,12,17,19,21,29H2. The molecule has 0 saturated carbocycles. The van der Waals surface area contributed by atoms with Crippen LogP contribution in [-0.4, -0.2) is 17.0 Å². The molecule has 11 rings (SSSR count). The summed E-state index contributed by atoms with van der Waals surface area (Å²) in [6.07, 6.45) is 39.1. The molecule has 2 aromatic heterocycles. The zero-order valence-electron chi connectivity index (χ0n) is 29.3. The summed E-state index contributed by atoms with van der Waals surface area (Å²) in [6, 6.07) is 17.9. The minimum Gasteiger partial charge on any atom is -0.485 e. The summed E-state index contributed by atoms with van der Waals surface area (Å²) in [7, 11) is 0. The van der Waals surface area contributed by atoms with Gasteiger partial charge in [-0.2, -0.15) is 0 Å². The lowest BCUT2D eigenvalue weighted by Gasteiger charge is -2.37. The number of hydrogen-bond acceptors (Lipinski definition) is 4. The maximum atomic E-state index is 6.62. The molecule has 0 amide bonds. The van der Waals surface area contributed by atoms with Crippen LogP contribution < -0.4 is 9.75 Å². The molecule has 7 aliphatic rings. The molecule has 0 spiro atoms. The molecule has 2 aromatic carbocycles. The Morgan fingerprint density at radius 2 is 1.65 bits per heavy atom. The normalized spacial score (nSPS) is 25.1. The molecule has 52 heavy (non-hydrogen) atoms. The van der Waals surface area contributed by atoms with Crippen molar-refractivity contribution in [1.29, 1.82) is 0 Å². The number of benzene rings is 2. The smallest absolute Gasteiger partial charge is 0.128 e. The van der Waals surface area contributed by atoms with Gasteiger partial charge in [-0.1, -0.05) is 109 Å². The highest BCUT2D eigenvalue weighted by molar-refractivity contribution is 7.17. The largest absolute Gasteiger partial charge is 0.485 e. The van der Waals surface area contributed by atoms with Gasteiger partial charge in [0.05, 0.1) is 10.6 Å². The Bertz CT molecular complexity index is 2530. The van der Waals surface area contributed by atoms with Gasteiger partial charge < -0.3 is 14.1 Å². The topological polar surface area (TPSA) is 25.6 Å². The van der Waals surface area contributed by atoms with E-state index in [2.05, 4.69) is 132 Å². The van der Waals surface area contributed by atoms with E-state index in [0.717, 1.165) is 68.6 Å². The van der Waals surface area contributed by atoms with E-state index < -0.39 is 0 Å². The van der Waals surface area contributed by atoms with Crippen LogP contribution in [0.15, 0.2) is 136 Å². The third-order valence-electron chi connectivity index (χ3n) is 12.1. The van der Waals surface area contributed by atoms with Gasteiger partial charge in [-0.15, -0.1) is 11.3 Å². The summed E-state index contributed by atoms with van der Waals surface area (Å²) >= 11 is 1.97. The first-order chi connectivity index (χ1) is 25.8. The molecule has 4 heteroatoms. The van der Waals surface area contributed by atoms with E-state index >= 15 is 0 Å². The molecule has 4 atom stereocenters. The molecule has 6 aliphatic carbocycles. The van der Waals surface area contributed by atoms with Crippen LogP contribution in [0.1, 0.15) is 61.2 Å². The Kier molecular flexibility index (Phi) is 7.21. The predicted octanol–water partition coefficient (Wildman–Crippen LogP) is 10.3. The van der Waals surface area contributed by atoms with Crippen LogP contribution in [0, 0.1) is 11.8 Å². The molecule has 4 aromatic rings. The number of rotatable bonds is 5. The Morgan fingerprint density at radius 1 is 0.750 bits per heavy atom. The van der Waals surface area contributed by atoms with Crippen LogP contribution in [-0.2, 0) is 17.6 Å². The monoisotopic (exact) mass is 695 g/mol. The van der Waals surface area contributed by atoms with Crippen molar-refractivity contribution in [3.8, 4) is 11.1 Å². The van der Waals surface area contributed by atoms with Gasteiger partial charge in [0, 0.05) is 57.3 Å². The SMILES string of the molecule is C1=CC2=C(CC1)C1C=CC(C3C=CC(N(C4=c5sc6c(-c7ccccc7)cccc6c5=CCC4)C4C=Cc5c(oc6c5C=CCC6)C4)=CC3)=CC1O2. The summed E-state index contributed by atoms with van der Waals surface area (Å²) in [4.78, 5) is 2.68. The van der Waals surface area contributed by atoms with Gasteiger partial charge in [0.2, 0.25) is 0 Å². The highest BCUT2D eigenvalue weighted by atomic mass is 32.1. The zero-order chi connectivity index (χ0) is 34.2. The van der Waals surface area contributed by atoms with E-state index in [-0.39, 0.29) is 12.1 Å². The fourth-order valence-corrected chi connectivity index (χ4v) is 11.0. The molecule has 3 nitrogen and oxygen atoms in total. The quantitative estimate of drug-likeness (QED) is 0.208. The third kappa shape index (κ3) is 4.91. The van der Waals surface area contributed by atoms with Gasteiger partial charge in [-0.3, -0.25) is 0 Å². The maximum absolute atomic E-state index is 6.62. The molecule has 4 unspecified atom stereocenters. The van der Waals surface area contributed by atoms with Crippen LogP contribution in [0.25, 0.3) is 45.1 Å². The molecule has 3 heterocycles. The van der Waals surface area contributed by atoms with Crippen molar-refractivity contribution in [2.24, 2.45) is 11.8 Å². The first-order valence-electron chi connectivity index (χ1n) is 19.2. The number of nitrogens with zero attached hydrogens (tertiary/aromatic N) is 1. The molecule has 0 saturated heterocycles. The lowest BCUT2D eigenvalue weighted by Crippen LogP contribution is -2.40. The van der Waals surface area contributed by atoms with Crippen molar-refractivity contribution in [3.63, 3.8) is 0 Å². The summed E-state index contributed by atoms with van der Waals surface area (Å²) < 4.78 is 15.9. The molecule has 0 N–H and O–H groups in total. The van der Waals surface area contributed by atoms with Crippen molar-refractivity contribution in [2.45, 2.75) is 63.5 Å². The molecule has 0 bridgehead atoms. The summed E-state index contributed by atoms with van der Waals surface area (Å²) in [6.45, 7) is 0. The Balaban J connectivity index is 0.987. The molecule has 256 valence electrons. The highest BCUT2D eigenvalue weighted by Crippen LogP contribution is 2.43. The Hall–Kier alpha value is -5.06. The summed E-state index contributed by atoms with van der Waals surface area (Å²) in [5.74, 6) is 4.12. The van der Waals surface area contributed by atoms with E-state index in [1.807, 2.05) is 11.3 Å². The number of furan rings is 1. The average Bonchev–Trinajstić information content (AvgIpc) is 3.90. The summed E-state index contributed by atoms with van der Waals surface area (Å²) in [5, 5.41) is 2.77. The van der Waals surface area contributed by atoms with Gasteiger partial charge in [0.15, 0.2) is 0 Å². The van der Waals surface area contributed by atoms with E-state index in [1.54, 1.807) is 0 Å². The Labute approximate surface area is 309 Å². The maximum Gasteiger partial charge on any atom is 0.128 e. The lowest BCUT2D eigenvalue weighted by atomic mass is 9.81. The second-order valence-corrected chi connectivity index (χ2v) is 16.1. The van der Waals surface area contributed by atoms with Crippen LogP contribution >= 0.6 is 11.3 Å². The third-order valence-corrected chi connectivity index (χ3v) is 13.4. The van der Waals surface area contributed by atoms with Crippen molar-refractivity contribution in [1.82, 2.24) is 4.90 Å². The lowest BCUT2D eigenvalue weighted by molar-refractivity contribution is 0.172. The van der Waals surface area contributed by atoms with E-state index in [1.165, 1.54) is 64.6 Å². The minimum atomic E-state index is 0.125. The number of allylic oxidation sites excluding steroid dienone is 8. The average molecular weight is 696 g/mol. The van der Waals surface area contributed by atoms with Crippen molar-refractivity contribution in [2.75, 3.05) is 0 Å². The van der Waals surface area contributed by atoms with Crippen LogP contribution in [0.3, 0.4) is 0 Å². The van der Waals surface area contributed by atoms with Crippen molar-refractivity contribution in [3.05, 3.63) is 164 Å². The number of fused-ring (bicyclic) bond motifs is 8. The van der Waals surface area contributed by atoms with Gasteiger partial charge in [0.1, 0.15) is 23.4 Å². The first kappa shape index (κ1) is 30.6. The van der Waals surface area contributed by atoms with Gasteiger partial charge in [-0.25, -0.2) is 0 Å². The van der Waals surface area contributed by atoms with Crippen LogP contribution in [0.2, 0.25) is 0 Å². The highest BCUT2D eigenvalue weighted by Gasteiger charge is 2.36. The zero-order valence-corrected chi connectivity index (χ0v) is 30.1. The van der Waals surface area contributed by atoms with Crippen molar-refractivity contribution >= 4 is 45.3 Å². The number of ether oxygens (including phenoxy) is 1. The molecule has 1 aliphatic heterocycles. The second kappa shape index (κ2) is 12.3. The van der Waals surface area contributed by atoms with Crippen LogP contribution in [0.4, 0.5) is 0 Å². The first-order valence-corrected chi connectivity index (χ1v) is 20.0. The van der Waals surface area contributed by atoms with Gasteiger partial charge in [-0.05, 0) is 84.2 Å². The van der Waals surface area contributed by atoms with Crippen LogP contribution in [0.5, 0.6) is 0 Å². The predicted molar refractivity (Wildman–Crippen MR) is 214 cm³/mol. The number of thiophene rings is 1. The van der Waals surface area contributed by atoms with Gasteiger partial charge in [0.25, 0.3) is 0 Å². The Morgan fingerprint density at radius 3 is 2.58 bits per heavy atom. The van der Waals surface area contributed by atoms with E-state index in [9.17, 15) is 0 Å².